The normalized spacial score (nSPS) is 14.7. The van der Waals surface area contributed by atoms with Crippen molar-refractivity contribution in [2.24, 2.45) is 0 Å². The van der Waals surface area contributed by atoms with Crippen LogP contribution in [-0.4, -0.2) is 20.1 Å². The van der Waals surface area contributed by atoms with Crippen molar-refractivity contribution in [1.29, 1.82) is 0 Å². The molecule has 0 saturated carbocycles. The van der Waals surface area contributed by atoms with Gasteiger partial charge in [0.05, 0.1) is 11.4 Å². The van der Waals surface area contributed by atoms with Crippen LogP contribution in [0.5, 0.6) is 11.5 Å². The molecule has 5 heteroatoms. The van der Waals surface area contributed by atoms with Crippen LogP contribution < -0.4 is 10.2 Å². The quantitative estimate of drug-likeness (QED) is 0.202. The summed E-state index contributed by atoms with van der Waals surface area (Å²) in [5, 5.41) is 29.2. The number of hydrogen-bond acceptors (Lipinski definition) is 4. The van der Waals surface area contributed by atoms with Gasteiger partial charge in [-0.15, -0.1) is 0 Å². The van der Waals surface area contributed by atoms with Crippen LogP contribution in [-0.2, 0) is 10.8 Å². The third kappa shape index (κ3) is 3.71. The monoisotopic (exact) mass is 529 g/mol. The van der Waals surface area contributed by atoms with Crippen LogP contribution in [0, 0.1) is 0 Å². The van der Waals surface area contributed by atoms with Crippen molar-refractivity contribution in [3.63, 3.8) is 0 Å². The van der Waals surface area contributed by atoms with Gasteiger partial charge in [-0.2, -0.15) is 0 Å². The van der Waals surface area contributed by atoms with E-state index in [9.17, 15) is 10.2 Å². The van der Waals surface area contributed by atoms with Gasteiger partial charge in [0, 0.05) is 23.2 Å². The summed E-state index contributed by atoms with van der Waals surface area (Å²) in [7, 11) is 0. The fraction of sp³-hybridized carbons (Fsp3) is 0.167. The van der Waals surface area contributed by atoms with Crippen molar-refractivity contribution in [2.75, 3.05) is 0 Å². The molecule has 0 N–H and O–H groups in total. The van der Waals surface area contributed by atoms with Crippen LogP contribution in [0.25, 0.3) is 44.1 Å². The maximum atomic E-state index is 12.8. The summed E-state index contributed by atoms with van der Waals surface area (Å²) < 4.78 is 0. The second kappa shape index (κ2) is 9.26. The van der Waals surface area contributed by atoms with Gasteiger partial charge >= 0.3 is 10.1 Å². The predicted octanol–water partition coefficient (Wildman–Crippen LogP) is 6.85. The molecule has 0 radical (unpaired) electrons. The molecule has 0 spiro atoms. The van der Waals surface area contributed by atoms with E-state index in [-0.39, 0.29) is 32.5 Å². The molecule has 196 valence electrons. The van der Waals surface area contributed by atoms with Gasteiger partial charge in [0.2, 0.25) is 0 Å². The van der Waals surface area contributed by atoms with E-state index in [1.807, 2.05) is 60.7 Å². The molecule has 41 heavy (non-hydrogen) atoms. The average Bonchev–Trinajstić information content (AvgIpc) is 3.34. The second-order valence-electron chi connectivity index (χ2n) is 11.7. The molecule has 8 rings (SSSR count). The molecule has 0 amide bonds. The van der Waals surface area contributed by atoms with Gasteiger partial charge in [-0.25, -0.2) is 0 Å². The minimum atomic E-state index is -0.165. The first-order valence-electron chi connectivity index (χ1n) is 13.6. The fourth-order valence-corrected chi connectivity index (χ4v) is 6.59. The van der Waals surface area contributed by atoms with Crippen molar-refractivity contribution >= 4 is 31.7 Å². The fourth-order valence-electron chi connectivity index (χ4n) is 6.59. The average molecular weight is 530 g/mol. The van der Waals surface area contributed by atoms with Gasteiger partial charge in [0.25, 0.3) is 0 Å². The van der Waals surface area contributed by atoms with Gasteiger partial charge in [-0.3, -0.25) is 9.97 Å². The van der Waals surface area contributed by atoms with Crippen LogP contribution in [0.3, 0.4) is 0 Å². The van der Waals surface area contributed by atoms with Crippen molar-refractivity contribution < 1.29 is 10.2 Å². The minimum absolute atomic E-state index is 0. The zero-order valence-corrected chi connectivity index (χ0v) is 23.7. The smallest absolute Gasteiger partial charge is 0.872 e. The Kier molecular flexibility index (Phi) is 6.02. The molecule has 4 aromatic carbocycles. The molecule has 0 aliphatic heterocycles. The van der Waals surface area contributed by atoms with Crippen molar-refractivity contribution in [3.05, 3.63) is 120 Å². The Labute approximate surface area is 243 Å². The molecule has 2 aromatic heterocycles. The molecule has 0 fully saturated rings. The molecule has 2 aliphatic rings. The van der Waals surface area contributed by atoms with E-state index in [1.54, 1.807) is 12.4 Å². The Morgan fingerprint density at radius 2 is 0.902 bits per heavy atom. The van der Waals surface area contributed by atoms with Crippen LogP contribution in [0.1, 0.15) is 49.9 Å². The van der Waals surface area contributed by atoms with Gasteiger partial charge in [-0.05, 0) is 79.2 Å². The molecule has 4 nitrogen and oxygen atoms in total. The standard InChI is InChI=1S/2C18H15NO.Be/c2*1-18(2)13-8-5-9-19-16(13)15-14(18)10-11-6-3-4-7-12(11)17(15)20;/h2*3-10,20H,1-2H3;/q;;+2/p-2. The zero-order chi connectivity index (χ0) is 27.8. The van der Waals surface area contributed by atoms with E-state index in [2.05, 4.69) is 61.9 Å². The Balaban J connectivity index is 0.000000144. The van der Waals surface area contributed by atoms with Crippen molar-refractivity contribution in [1.82, 2.24) is 9.97 Å². The molecular formula is C36H28BeN2O2. The van der Waals surface area contributed by atoms with Gasteiger partial charge in [0.1, 0.15) is 0 Å². The van der Waals surface area contributed by atoms with E-state index < -0.39 is 0 Å². The molecule has 0 bridgehead atoms. The summed E-state index contributed by atoms with van der Waals surface area (Å²) >= 11 is 0. The summed E-state index contributed by atoms with van der Waals surface area (Å²) in [4.78, 5) is 8.93. The van der Waals surface area contributed by atoms with E-state index in [0.29, 0.717) is 0 Å². The van der Waals surface area contributed by atoms with E-state index >= 15 is 0 Å². The predicted molar refractivity (Wildman–Crippen MR) is 163 cm³/mol. The topological polar surface area (TPSA) is 71.9 Å². The van der Waals surface area contributed by atoms with E-state index in [1.165, 1.54) is 0 Å². The molecule has 0 unspecified atom stereocenters. The van der Waals surface area contributed by atoms with Crippen LogP contribution in [0.4, 0.5) is 0 Å². The van der Waals surface area contributed by atoms with Crippen LogP contribution >= 0.6 is 0 Å². The van der Waals surface area contributed by atoms with Gasteiger partial charge in [-0.1, -0.05) is 99.9 Å². The number of fused-ring (bicyclic) bond motifs is 8. The van der Waals surface area contributed by atoms with E-state index in [0.717, 1.165) is 66.3 Å². The Morgan fingerprint density at radius 3 is 1.32 bits per heavy atom. The maximum absolute atomic E-state index is 12.8. The van der Waals surface area contributed by atoms with Gasteiger partial charge < -0.3 is 10.2 Å². The Hall–Kier alpha value is -4.53. The Morgan fingerprint density at radius 1 is 0.512 bits per heavy atom. The maximum Gasteiger partial charge on any atom is 2.00 e. The van der Waals surface area contributed by atoms with Crippen LogP contribution in [0.2, 0.25) is 0 Å². The summed E-state index contributed by atoms with van der Waals surface area (Å²) in [6.07, 6.45) is 3.53. The minimum Gasteiger partial charge on any atom is -0.872 e. The molecular weight excluding hydrogens is 501 g/mol. The molecule has 0 atom stereocenters. The molecule has 2 heterocycles. The van der Waals surface area contributed by atoms with Crippen molar-refractivity contribution in [2.45, 2.75) is 38.5 Å². The number of hydrogen-bond donors (Lipinski definition) is 0. The summed E-state index contributed by atoms with van der Waals surface area (Å²) in [5.74, 6) is 0.201. The molecule has 6 aromatic rings. The number of nitrogens with zero attached hydrogens (tertiary/aromatic N) is 2. The van der Waals surface area contributed by atoms with Crippen LogP contribution in [0.15, 0.2) is 97.3 Å². The van der Waals surface area contributed by atoms with Gasteiger partial charge in [0.15, 0.2) is 0 Å². The SMILES string of the molecule is CC1(C)c2cccnc2-c2c1cc1ccccc1c2[O-].CC1(C)c2cccnc2-c2c1cc1ccccc1c2[O-].[Be+2]. The molecule has 0 saturated heterocycles. The Bertz CT molecular complexity index is 1850. The summed E-state index contributed by atoms with van der Waals surface area (Å²) in [6, 6.07) is 27.9. The third-order valence-electron chi connectivity index (χ3n) is 8.79. The first kappa shape index (κ1) is 26.7. The number of rotatable bonds is 0. The first-order chi connectivity index (χ1) is 19.2. The number of pyridine rings is 2. The summed E-state index contributed by atoms with van der Waals surface area (Å²) in [5.41, 5.74) is 7.40. The molecule has 2 aliphatic carbocycles. The summed E-state index contributed by atoms with van der Waals surface area (Å²) in [6.45, 7) is 8.64. The van der Waals surface area contributed by atoms with Crippen molar-refractivity contribution in [3.8, 4) is 34.0 Å². The second-order valence-corrected chi connectivity index (χ2v) is 11.7. The zero-order valence-electron chi connectivity index (χ0n) is 23.7. The number of aromatic nitrogens is 2. The third-order valence-corrected chi connectivity index (χ3v) is 8.79. The number of benzene rings is 4. The van der Waals surface area contributed by atoms with E-state index in [4.69, 9.17) is 0 Å². The first-order valence-corrected chi connectivity index (χ1v) is 13.6. The largest absolute Gasteiger partial charge is 2.00 e.